The van der Waals surface area contributed by atoms with Crippen molar-refractivity contribution in [2.24, 2.45) is 0 Å². The van der Waals surface area contributed by atoms with Crippen molar-refractivity contribution in [3.8, 4) is 0 Å². The second-order valence-corrected chi connectivity index (χ2v) is 1.71. The largest absolute Gasteiger partial charge is 0.122 e. The Balaban J connectivity index is 4.06. The first-order valence-electron chi connectivity index (χ1n) is 2.98. The average Bonchev–Trinajstić information content (AvgIpc) is 1.85. The normalized spacial score (nSPS) is 8.67. The first-order chi connectivity index (χ1) is 4.31. The fraction of sp³-hybridized carbons (Fsp3) is 0.222. The maximum Gasteiger partial charge on any atom is -0.00949 e. The molecule has 0 amide bonds. The van der Waals surface area contributed by atoms with Gasteiger partial charge in [0.2, 0.25) is 0 Å². The van der Waals surface area contributed by atoms with Crippen LogP contribution in [-0.2, 0) is 0 Å². The Hall–Kier alpha value is -1.00. The standard InChI is InChI=1S/C9H12/c1-4-6-8-9(3)7-5-2/h4-6,8H,1H2,2-3H3. The summed E-state index contributed by atoms with van der Waals surface area (Å²) in [5.41, 5.74) is 4.16. The molecule has 0 N–H and O–H groups in total. The molecule has 0 saturated heterocycles. The second kappa shape index (κ2) is 5.14. The van der Waals surface area contributed by atoms with Gasteiger partial charge in [0.15, 0.2) is 0 Å². The lowest BCUT2D eigenvalue weighted by molar-refractivity contribution is 1.53. The first kappa shape index (κ1) is 8.00. The molecule has 0 aliphatic carbocycles. The Morgan fingerprint density at radius 3 is 2.67 bits per heavy atom. The summed E-state index contributed by atoms with van der Waals surface area (Å²) in [5, 5.41) is 0. The number of rotatable bonds is 2. The minimum absolute atomic E-state index is 1.12. The zero-order valence-electron chi connectivity index (χ0n) is 6.02. The van der Waals surface area contributed by atoms with Gasteiger partial charge in [-0.15, -0.1) is 5.73 Å². The van der Waals surface area contributed by atoms with Crippen LogP contribution in [0.4, 0.5) is 0 Å². The van der Waals surface area contributed by atoms with E-state index in [1.54, 1.807) is 6.08 Å². The molecule has 0 atom stereocenters. The molecule has 0 aromatic carbocycles. The molecule has 0 fully saturated rings. The van der Waals surface area contributed by atoms with Crippen LogP contribution in [0.1, 0.15) is 13.8 Å². The highest BCUT2D eigenvalue weighted by Crippen LogP contribution is 1.90. The van der Waals surface area contributed by atoms with Gasteiger partial charge in [-0.3, -0.25) is 0 Å². The lowest BCUT2D eigenvalue weighted by Crippen LogP contribution is -1.59. The highest BCUT2D eigenvalue weighted by atomic mass is 13.8. The molecule has 0 aromatic heterocycles. The van der Waals surface area contributed by atoms with Crippen molar-refractivity contribution in [3.63, 3.8) is 0 Å². The van der Waals surface area contributed by atoms with E-state index in [0.29, 0.717) is 0 Å². The number of allylic oxidation sites excluding steroid dienone is 4. The zero-order valence-corrected chi connectivity index (χ0v) is 6.02. The SMILES string of the molecule is C=CC=CC(C)=C=CC. The first-order valence-corrected chi connectivity index (χ1v) is 2.98. The van der Waals surface area contributed by atoms with E-state index in [1.165, 1.54) is 0 Å². The molecule has 0 rings (SSSR count). The molecular weight excluding hydrogens is 108 g/mol. The highest BCUT2D eigenvalue weighted by molar-refractivity contribution is 5.18. The van der Waals surface area contributed by atoms with Crippen LogP contribution in [0.15, 0.2) is 42.2 Å². The minimum Gasteiger partial charge on any atom is -0.122 e. The van der Waals surface area contributed by atoms with Crippen molar-refractivity contribution in [1.29, 1.82) is 0 Å². The van der Waals surface area contributed by atoms with Gasteiger partial charge >= 0.3 is 0 Å². The molecule has 0 bridgehead atoms. The van der Waals surface area contributed by atoms with Crippen LogP contribution in [0.3, 0.4) is 0 Å². The van der Waals surface area contributed by atoms with Crippen LogP contribution in [0.5, 0.6) is 0 Å². The molecule has 0 spiro atoms. The number of hydrogen-bond acceptors (Lipinski definition) is 0. The van der Waals surface area contributed by atoms with Crippen molar-refractivity contribution in [3.05, 3.63) is 42.2 Å². The van der Waals surface area contributed by atoms with E-state index in [4.69, 9.17) is 0 Å². The lowest BCUT2D eigenvalue weighted by atomic mass is 10.3. The van der Waals surface area contributed by atoms with E-state index >= 15 is 0 Å². The topological polar surface area (TPSA) is 0 Å². The molecule has 0 unspecified atom stereocenters. The summed E-state index contributed by atoms with van der Waals surface area (Å²) in [7, 11) is 0. The molecule has 0 aromatic rings. The summed E-state index contributed by atoms with van der Waals surface area (Å²) in [6, 6.07) is 0. The van der Waals surface area contributed by atoms with Crippen LogP contribution in [0.2, 0.25) is 0 Å². The lowest BCUT2D eigenvalue weighted by Gasteiger charge is -1.79. The fourth-order valence-electron chi connectivity index (χ4n) is 0.488. The van der Waals surface area contributed by atoms with Gasteiger partial charge in [0, 0.05) is 0 Å². The molecule has 0 nitrogen and oxygen atoms in total. The van der Waals surface area contributed by atoms with E-state index in [0.717, 1.165) is 5.57 Å². The van der Waals surface area contributed by atoms with Gasteiger partial charge in [-0.1, -0.05) is 24.8 Å². The van der Waals surface area contributed by atoms with Gasteiger partial charge in [-0.2, -0.15) is 0 Å². The van der Waals surface area contributed by atoms with Crippen LogP contribution in [0, 0.1) is 0 Å². The highest BCUT2D eigenvalue weighted by Gasteiger charge is 1.70. The van der Waals surface area contributed by atoms with E-state index < -0.39 is 0 Å². The third-order valence-corrected chi connectivity index (χ3v) is 0.854. The van der Waals surface area contributed by atoms with Crippen molar-refractivity contribution >= 4 is 0 Å². The molecule has 0 aliphatic heterocycles. The van der Waals surface area contributed by atoms with Crippen molar-refractivity contribution in [1.82, 2.24) is 0 Å². The summed E-state index contributed by atoms with van der Waals surface area (Å²) < 4.78 is 0. The summed E-state index contributed by atoms with van der Waals surface area (Å²) >= 11 is 0. The molecule has 0 aliphatic rings. The Kier molecular flexibility index (Phi) is 4.57. The van der Waals surface area contributed by atoms with Crippen LogP contribution in [-0.4, -0.2) is 0 Å². The smallest absolute Gasteiger partial charge is 0.00949 e. The number of hydrogen-bond donors (Lipinski definition) is 0. The van der Waals surface area contributed by atoms with Gasteiger partial charge in [0.25, 0.3) is 0 Å². The van der Waals surface area contributed by atoms with Crippen molar-refractivity contribution in [2.75, 3.05) is 0 Å². The van der Waals surface area contributed by atoms with E-state index in [2.05, 4.69) is 12.3 Å². The van der Waals surface area contributed by atoms with Gasteiger partial charge in [0.1, 0.15) is 0 Å². The molecular formula is C9H12. The predicted octanol–water partition coefficient (Wildman–Crippen LogP) is 2.85. The van der Waals surface area contributed by atoms with Gasteiger partial charge in [0.05, 0.1) is 0 Å². The monoisotopic (exact) mass is 120 g/mol. The van der Waals surface area contributed by atoms with E-state index in [-0.39, 0.29) is 0 Å². The second-order valence-electron chi connectivity index (χ2n) is 1.71. The maximum atomic E-state index is 3.55. The van der Waals surface area contributed by atoms with Gasteiger partial charge in [-0.05, 0) is 25.5 Å². The molecule has 0 radical (unpaired) electrons. The molecule has 48 valence electrons. The van der Waals surface area contributed by atoms with E-state index in [1.807, 2.05) is 32.1 Å². The Morgan fingerprint density at radius 1 is 1.56 bits per heavy atom. The predicted molar refractivity (Wildman–Crippen MR) is 42.3 cm³/mol. The summed E-state index contributed by atoms with van der Waals surface area (Å²) in [5.74, 6) is 0. The molecule has 0 heterocycles. The third-order valence-electron chi connectivity index (χ3n) is 0.854. The van der Waals surface area contributed by atoms with Gasteiger partial charge in [-0.25, -0.2) is 0 Å². The summed E-state index contributed by atoms with van der Waals surface area (Å²) in [6.45, 7) is 7.50. The Bertz CT molecular complexity index is 164. The van der Waals surface area contributed by atoms with E-state index in [9.17, 15) is 0 Å². The van der Waals surface area contributed by atoms with Gasteiger partial charge < -0.3 is 0 Å². The molecule has 0 saturated carbocycles. The quantitative estimate of drug-likeness (QED) is 0.388. The maximum absolute atomic E-state index is 3.55. The van der Waals surface area contributed by atoms with Crippen LogP contribution < -0.4 is 0 Å². The molecule has 9 heavy (non-hydrogen) atoms. The fourth-order valence-corrected chi connectivity index (χ4v) is 0.488. The minimum atomic E-state index is 1.12. The molecule has 0 heteroatoms. The average molecular weight is 120 g/mol. The van der Waals surface area contributed by atoms with Crippen LogP contribution in [0.25, 0.3) is 0 Å². The zero-order chi connectivity index (χ0) is 7.11. The Labute approximate surface area is 56.9 Å². The Morgan fingerprint density at radius 2 is 2.22 bits per heavy atom. The summed E-state index contributed by atoms with van der Waals surface area (Å²) in [6.07, 6.45) is 7.50. The third kappa shape index (κ3) is 4.86. The van der Waals surface area contributed by atoms with Crippen LogP contribution >= 0.6 is 0 Å². The summed E-state index contributed by atoms with van der Waals surface area (Å²) in [4.78, 5) is 0. The van der Waals surface area contributed by atoms with Crippen molar-refractivity contribution < 1.29 is 0 Å². The van der Waals surface area contributed by atoms with Crippen molar-refractivity contribution in [2.45, 2.75) is 13.8 Å².